The smallest absolute Gasteiger partial charge is 0.340 e. The number of carbonyl (C=O) groups excluding carboxylic acids is 2. The molecule has 3 rings (SSSR count). The number of nitro benzene ring substituents is 1. The van der Waals surface area contributed by atoms with Crippen LogP contribution in [0.25, 0.3) is 11.6 Å². The second-order valence-electron chi connectivity index (χ2n) is 5.60. The molecular formula is C19H13ClN2O5S2. The Hall–Kier alpha value is -3.01. The lowest BCUT2D eigenvalue weighted by Crippen LogP contribution is -2.21. The number of ether oxygens (including phenoxy) is 1. The molecule has 0 saturated carbocycles. The first-order valence-corrected chi connectivity index (χ1v) is 10.3. The Balaban J connectivity index is 1.66. The third-order valence-corrected chi connectivity index (χ3v) is 5.64. The first kappa shape index (κ1) is 20.7. The summed E-state index contributed by atoms with van der Waals surface area (Å²) >= 11 is 8.81. The number of nitrogens with one attached hydrogen (secondary N) is 1. The van der Waals surface area contributed by atoms with E-state index in [1.807, 2.05) is 29.0 Å². The SMILES string of the molecule is O=C(COC(=O)/C(=C/c1cccs1)c1cccs1)Nc1ccc([N+](=O)[O-])cc1Cl. The molecule has 3 aromatic rings. The van der Waals surface area contributed by atoms with Gasteiger partial charge < -0.3 is 10.1 Å². The second kappa shape index (κ2) is 9.46. The molecule has 0 fully saturated rings. The van der Waals surface area contributed by atoms with Crippen LogP contribution in [-0.4, -0.2) is 23.4 Å². The number of esters is 1. The molecule has 10 heteroatoms. The molecule has 0 aliphatic rings. The van der Waals surface area contributed by atoms with Crippen molar-refractivity contribution >= 4 is 69.2 Å². The number of hydrogen-bond donors (Lipinski definition) is 1. The largest absolute Gasteiger partial charge is 0.452 e. The maximum atomic E-state index is 12.6. The van der Waals surface area contributed by atoms with E-state index in [4.69, 9.17) is 16.3 Å². The van der Waals surface area contributed by atoms with Gasteiger partial charge in [-0.1, -0.05) is 23.7 Å². The van der Waals surface area contributed by atoms with Gasteiger partial charge in [-0.3, -0.25) is 14.9 Å². The van der Waals surface area contributed by atoms with Crippen LogP contribution >= 0.6 is 34.3 Å². The second-order valence-corrected chi connectivity index (χ2v) is 7.93. The molecular weight excluding hydrogens is 436 g/mol. The Morgan fingerprint density at radius 3 is 2.55 bits per heavy atom. The third-order valence-electron chi connectivity index (χ3n) is 3.61. The molecule has 7 nitrogen and oxygen atoms in total. The first-order valence-electron chi connectivity index (χ1n) is 8.14. The number of carbonyl (C=O) groups is 2. The van der Waals surface area contributed by atoms with Gasteiger partial charge in [0.15, 0.2) is 6.61 Å². The monoisotopic (exact) mass is 448 g/mol. The van der Waals surface area contributed by atoms with Crippen molar-refractivity contribution in [2.45, 2.75) is 0 Å². The molecule has 0 saturated heterocycles. The number of thiophene rings is 2. The maximum absolute atomic E-state index is 12.6. The summed E-state index contributed by atoms with van der Waals surface area (Å²) < 4.78 is 5.15. The average Bonchev–Trinajstić information content (AvgIpc) is 3.39. The van der Waals surface area contributed by atoms with Crippen molar-refractivity contribution in [2.75, 3.05) is 11.9 Å². The van der Waals surface area contributed by atoms with Gasteiger partial charge in [-0.25, -0.2) is 4.79 Å². The molecule has 2 heterocycles. The van der Waals surface area contributed by atoms with Crippen molar-refractivity contribution in [3.8, 4) is 0 Å². The molecule has 0 spiro atoms. The third kappa shape index (κ3) is 5.50. The van der Waals surface area contributed by atoms with E-state index in [0.717, 1.165) is 15.8 Å². The molecule has 2 aromatic heterocycles. The van der Waals surface area contributed by atoms with Crippen LogP contribution in [-0.2, 0) is 14.3 Å². The molecule has 0 atom stereocenters. The van der Waals surface area contributed by atoms with Crippen LogP contribution in [0.4, 0.5) is 11.4 Å². The minimum atomic E-state index is -0.634. The number of anilines is 1. The summed E-state index contributed by atoms with van der Waals surface area (Å²) in [5, 5.41) is 16.9. The zero-order valence-corrected chi connectivity index (χ0v) is 17.1. The summed E-state index contributed by atoms with van der Waals surface area (Å²) in [5.74, 6) is -1.25. The fourth-order valence-electron chi connectivity index (χ4n) is 2.29. The van der Waals surface area contributed by atoms with E-state index in [1.54, 1.807) is 12.1 Å². The highest BCUT2D eigenvalue weighted by atomic mass is 35.5. The summed E-state index contributed by atoms with van der Waals surface area (Å²) in [5.41, 5.74) is 0.341. The van der Waals surface area contributed by atoms with Crippen LogP contribution in [0.2, 0.25) is 5.02 Å². The van der Waals surface area contributed by atoms with Gasteiger partial charge in [-0.2, -0.15) is 0 Å². The molecule has 0 radical (unpaired) electrons. The number of non-ortho nitro benzene ring substituents is 1. The quantitative estimate of drug-likeness (QED) is 0.235. The highest BCUT2D eigenvalue weighted by Gasteiger charge is 2.18. The number of halogens is 1. The maximum Gasteiger partial charge on any atom is 0.340 e. The number of hydrogen-bond acceptors (Lipinski definition) is 7. The lowest BCUT2D eigenvalue weighted by molar-refractivity contribution is -0.384. The van der Waals surface area contributed by atoms with Gasteiger partial charge in [-0.15, -0.1) is 22.7 Å². The molecule has 0 unspecified atom stereocenters. The van der Waals surface area contributed by atoms with Gasteiger partial charge >= 0.3 is 5.97 Å². The Morgan fingerprint density at radius 2 is 1.93 bits per heavy atom. The van der Waals surface area contributed by atoms with Gasteiger partial charge in [0.05, 0.1) is 21.2 Å². The van der Waals surface area contributed by atoms with Crippen molar-refractivity contribution in [1.29, 1.82) is 0 Å². The number of amides is 1. The summed E-state index contributed by atoms with van der Waals surface area (Å²) in [6, 6.07) is 11.0. The zero-order chi connectivity index (χ0) is 20.8. The van der Waals surface area contributed by atoms with Crippen LogP contribution < -0.4 is 5.32 Å². The van der Waals surface area contributed by atoms with Crippen LogP contribution in [0.3, 0.4) is 0 Å². The van der Waals surface area contributed by atoms with E-state index < -0.39 is 23.4 Å². The number of nitrogens with zero attached hydrogens (tertiary/aromatic N) is 1. The molecule has 1 amide bonds. The van der Waals surface area contributed by atoms with Gasteiger partial charge in [-0.05, 0) is 35.0 Å². The standard InChI is InChI=1S/C19H13ClN2O5S2/c20-15-9-12(22(25)26)5-6-16(15)21-18(23)11-27-19(24)14(17-4-2-8-29-17)10-13-3-1-7-28-13/h1-10H,11H2,(H,21,23)/b14-10+. The molecule has 0 aliphatic heterocycles. The van der Waals surface area contributed by atoms with E-state index in [-0.39, 0.29) is 16.4 Å². The first-order chi connectivity index (χ1) is 13.9. The number of rotatable bonds is 7. The molecule has 1 N–H and O–H groups in total. The lowest BCUT2D eigenvalue weighted by atomic mass is 10.2. The van der Waals surface area contributed by atoms with Crippen molar-refractivity contribution in [1.82, 2.24) is 0 Å². The predicted octanol–water partition coefficient (Wildman–Crippen LogP) is 5.09. The summed E-state index contributed by atoms with van der Waals surface area (Å²) in [6.07, 6.45) is 1.71. The summed E-state index contributed by atoms with van der Waals surface area (Å²) in [7, 11) is 0. The molecule has 0 aliphatic carbocycles. The fraction of sp³-hybridized carbons (Fsp3) is 0.0526. The summed E-state index contributed by atoms with van der Waals surface area (Å²) in [4.78, 5) is 36.4. The number of nitro groups is 1. The van der Waals surface area contributed by atoms with Crippen LogP contribution in [0.1, 0.15) is 9.75 Å². The van der Waals surface area contributed by atoms with Crippen LogP contribution in [0.5, 0.6) is 0 Å². The van der Waals surface area contributed by atoms with Gasteiger partial charge in [0.1, 0.15) is 0 Å². The minimum Gasteiger partial charge on any atom is -0.452 e. The topological polar surface area (TPSA) is 98.5 Å². The predicted molar refractivity (Wildman–Crippen MR) is 114 cm³/mol. The average molecular weight is 449 g/mol. The van der Waals surface area contributed by atoms with E-state index in [9.17, 15) is 19.7 Å². The van der Waals surface area contributed by atoms with E-state index in [0.29, 0.717) is 5.57 Å². The highest BCUT2D eigenvalue weighted by molar-refractivity contribution is 7.12. The molecule has 148 valence electrons. The van der Waals surface area contributed by atoms with Crippen LogP contribution in [0.15, 0.2) is 53.2 Å². The van der Waals surface area contributed by atoms with Crippen molar-refractivity contribution < 1.29 is 19.2 Å². The Morgan fingerprint density at radius 1 is 1.17 bits per heavy atom. The molecule has 1 aromatic carbocycles. The molecule has 0 bridgehead atoms. The minimum absolute atomic E-state index is 0.00995. The Kier molecular flexibility index (Phi) is 6.76. The fourth-order valence-corrected chi connectivity index (χ4v) is 3.90. The van der Waals surface area contributed by atoms with Gasteiger partial charge in [0.2, 0.25) is 0 Å². The zero-order valence-electron chi connectivity index (χ0n) is 14.7. The summed E-state index contributed by atoms with van der Waals surface area (Å²) in [6.45, 7) is -0.528. The van der Waals surface area contributed by atoms with Crippen molar-refractivity contribution in [3.63, 3.8) is 0 Å². The highest BCUT2D eigenvalue weighted by Crippen LogP contribution is 2.27. The van der Waals surface area contributed by atoms with Crippen molar-refractivity contribution in [2.24, 2.45) is 0 Å². The van der Waals surface area contributed by atoms with Gasteiger partial charge in [0.25, 0.3) is 11.6 Å². The number of benzene rings is 1. The van der Waals surface area contributed by atoms with Crippen LogP contribution in [0, 0.1) is 10.1 Å². The van der Waals surface area contributed by atoms with E-state index in [1.165, 1.54) is 34.8 Å². The Bertz CT molecular complexity index is 1060. The Labute approximate surface area is 178 Å². The van der Waals surface area contributed by atoms with E-state index in [2.05, 4.69) is 5.32 Å². The molecule has 29 heavy (non-hydrogen) atoms. The van der Waals surface area contributed by atoms with Crippen molar-refractivity contribution in [3.05, 3.63) is 78.1 Å². The van der Waals surface area contributed by atoms with Gasteiger partial charge in [0, 0.05) is 21.9 Å². The lowest BCUT2D eigenvalue weighted by Gasteiger charge is -2.09. The van der Waals surface area contributed by atoms with E-state index >= 15 is 0 Å². The normalized spacial score (nSPS) is 11.1.